The highest BCUT2D eigenvalue weighted by Gasteiger charge is 2.30. The Morgan fingerprint density at radius 2 is 1.31 bits per heavy atom. The van der Waals surface area contributed by atoms with Crippen molar-refractivity contribution in [1.29, 1.82) is 0 Å². The number of hydrogen-bond donors (Lipinski definition) is 1. The van der Waals surface area contributed by atoms with Gasteiger partial charge in [-0.3, -0.25) is 8.37 Å². The molecule has 0 saturated carbocycles. The summed E-state index contributed by atoms with van der Waals surface area (Å²) in [5.74, 6) is 0. The van der Waals surface area contributed by atoms with Crippen molar-refractivity contribution in [2.45, 2.75) is 18.5 Å². The minimum Gasteiger partial charge on any atom is -0.306 e. The van der Waals surface area contributed by atoms with E-state index in [0.717, 1.165) is 12.5 Å². The van der Waals surface area contributed by atoms with E-state index in [9.17, 15) is 16.8 Å². The first kappa shape index (κ1) is 13.8. The van der Waals surface area contributed by atoms with E-state index in [4.69, 9.17) is 0 Å². The SMILES string of the molecule is CS(=O)(=O)OC[C@@H]1C[C@H](COS(C)(=O)=O)N1. The van der Waals surface area contributed by atoms with Crippen LogP contribution in [0, 0.1) is 0 Å². The predicted molar refractivity (Wildman–Crippen MR) is 56.9 cm³/mol. The highest BCUT2D eigenvalue weighted by atomic mass is 32.2. The number of rotatable bonds is 6. The van der Waals surface area contributed by atoms with E-state index < -0.39 is 20.2 Å². The summed E-state index contributed by atoms with van der Waals surface area (Å²) in [5.41, 5.74) is 0. The predicted octanol–water partition coefficient (Wildman–Crippen LogP) is -1.33. The minimum absolute atomic E-state index is 0.0637. The molecule has 9 heteroatoms. The molecule has 1 N–H and O–H groups in total. The van der Waals surface area contributed by atoms with Crippen LogP contribution in [-0.2, 0) is 28.6 Å². The van der Waals surface area contributed by atoms with Crippen LogP contribution in [-0.4, -0.2) is 54.6 Å². The molecule has 1 aliphatic rings. The fraction of sp³-hybridized carbons (Fsp3) is 1.00. The molecule has 0 amide bonds. The summed E-state index contributed by atoms with van der Waals surface area (Å²) in [4.78, 5) is 0. The average Bonchev–Trinajstić information content (AvgIpc) is 1.95. The van der Waals surface area contributed by atoms with Gasteiger partial charge in [0.15, 0.2) is 0 Å². The van der Waals surface area contributed by atoms with Gasteiger partial charge in [0.25, 0.3) is 20.2 Å². The maximum atomic E-state index is 10.7. The Hall–Kier alpha value is -0.220. The first-order chi connectivity index (χ1) is 7.16. The lowest BCUT2D eigenvalue weighted by atomic mass is 9.99. The highest BCUT2D eigenvalue weighted by Crippen LogP contribution is 2.13. The summed E-state index contributed by atoms with van der Waals surface area (Å²) < 4.78 is 51.8. The summed E-state index contributed by atoms with van der Waals surface area (Å²) in [7, 11) is -6.83. The molecule has 7 nitrogen and oxygen atoms in total. The van der Waals surface area contributed by atoms with Gasteiger partial charge in [-0.15, -0.1) is 0 Å². The minimum atomic E-state index is -3.42. The second-order valence-corrected chi connectivity index (χ2v) is 7.06. The molecular weight excluding hydrogens is 258 g/mol. The van der Waals surface area contributed by atoms with Gasteiger partial charge in [0.05, 0.1) is 25.7 Å². The Balaban J connectivity index is 2.14. The third-order valence-electron chi connectivity index (χ3n) is 2.01. The van der Waals surface area contributed by atoms with Gasteiger partial charge in [0, 0.05) is 12.1 Å². The molecule has 1 saturated heterocycles. The summed E-state index contributed by atoms with van der Waals surface area (Å²) in [6.45, 7) is 0.127. The van der Waals surface area contributed by atoms with Gasteiger partial charge in [0.1, 0.15) is 0 Å². The van der Waals surface area contributed by atoms with Crippen LogP contribution in [0.1, 0.15) is 6.42 Å². The molecule has 0 spiro atoms. The molecule has 0 aliphatic carbocycles. The van der Waals surface area contributed by atoms with Crippen molar-refractivity contribution < 1.29 is 25.2 Å². The molecule has 1 aliphatic heterocycles. The average molecular weight is 273 g/mol. The Bertz CT molecular complexity index is 382. The summed E-state index contributed by atoms with van der Waals surface area (Å²) in [6, 6.07) is -0.134. The lowest BCUT2D eigenvalue weighted by Gasteiger charge is -2.36. The Labute approximate surface area is 95.4 Å². The smallest absolute Gasteiger partial charge is 0.264 e. The standard InChI is InChI=1S/C7H15NO6S2/c1-15(9,10)13-4-6-3-7(8-6)5-14-16(2,11)12/h6-8H,3-5H2,1-2H3/t6-,7+. The molecule has 0 radical (unpaired) electrons. The van der Waals surface area contributed by atoms with Gasteiger partial charge in [-0.05, 0) is 6.42 Å². The van der Waals surface area contributed by atoms with Gasteiger partial charge in [-0.2, -0.15) is 16.8 Å². The molecule has 0 aromatic heterocycles. The molecule has 1 fully saturated rings. The van der Waals surface area contributed by atoms with E-state index >= 15 is 0 Å². The van der Waals surface area contributed by atoms with Crippen LogP contribution < -0.4 is 5.32 Å². The van der Waals surface area contributed by atoms with Crippen molar-refractivity contribution in [2.24, 2.45) is 0 Å². The maximum absolute atomic E-state index is 10.7. The normalized spacial score (nSPS) is 26.4. The third-order valence-corrected chi connectivity index (χ3v) is 3.14. The quantitative estimate of drug-likeness (QED) is 0.598. The topological polar surface area (TPSA) is 98.8 Å². The van der Waals surface area contributed by atoms with Crippen molar-refractivity contribution in [3.8, 4) is 0 Å². The lowest BCUT2D eigenvalue weighted by Crippen LogP contribution is -2.56. The van der Waals surface area contributed by atoms with Crippen LogP contribution in [0.2, 0.25) is 0 Å². The van der Waals surface area contributed by atoms with Crippen LogP contribution in [0.5, 0.6) is 0 Å². The van der Waals surface area contributed by atoms with Crippen LogP contribution in [0.4, 0.5) is 0 Å². The highest BCUT2D eigenvalue weighted by molar-refractivity contribution is 7.86. The van der Waals surface area contributed by atoms with Gasteiger partial charge < -0.3 is 5.32 Å². The zero-order chi connectivity index (χ0) is 12.4. The maximum Gasteiger partial charge on any atom is 0.264 e. The van der Waals surface area contributed by atoms with E-state index in [2.05, 4.69) is 13.7 Å². The van der Waals surface area contributed by atoms with Crippen LogP contribution in [0.3, 0.4) is 0 Å². The van der Waals surface area contributed by atoms with Crippen molar-refractivity contribution in [3.63, 3.8) is 0 Å². The third kappa shape index (κ3) is 5.75. The van der Waals surface area contributed by atoms with E-state index in [-0.39, 0.29) is 25.3 Å². The first-order valence-corrected chi connectivity index (χ1v) is 8.24. The number of hydrogen-bond acceptors (Lipinski definition) is 7. The second kappa shape index (κ2) is 4.96. The molecule has 2 atom stereocenters. The van der Waals surface area contributed by atoms with Gasteiger partial charge in [-0.1, -0.05) is 0 Å². The largest absolute Gasteiger partial charge is 0.306 e. The van der Waals surface area contributed by atoms with Crippen molar-refractivity contribution in [3.05, 3.63) is 0 Å². The number of nitrogens with one attached hydrogen (secondary N) is 1. The first-order valence-electron chi connectivity index (χ1n) is 4.60. The second-order valence-electron chi connectivity index (χ2n) is 3.77. The Kier molecular flexibility index (Phi) is 4.29. The zero-order valence-electron chi connectivity index (χ0n) is 9.04. The molecule has 0 aromatic carbocycles. The molecule has 0 unspecified atom stereocenters. The summed E-state index contributed by atoms with van der Waals surface area (Å²) >= 11 is 0. The molecule has 0 aromatic rings. The van der Waals surface area contributed by atoms with Gasteiger partial charge in [0.2, 0.25) is 0 Å². The summed E-state index contributed by atoms with van der Waals surface area (Å²) in [6.07, 6.45) is 2.59. The van der Waals surface area contributed by atoms with Crippen molar-refractivity contribution in [1.82, 2.24) is 5.32 Å². The molecule has 0 bridgehead atoms. The van der Waals surface area contributed by atoms with Crippen molar-refractivity contribution in [2.75, 3.05) is 25.7 Å². The zero-order valence-corrected chi connectivity index (χ0v) is 10.7. The lowest BCUT2D eigenvalue weighted by molar-refractivity contribution is 0.137. The molecular formula is C7H15NO6S2. The summed E-state index contributed by atoms with van der Waals surface area (Å²) in [5, 5.41) is 2.95. The Morgan fingerprint density at radius 3 is 1.56 bits per heavy atom. The van der Waals surface area contributed by atoms with E-state index in [1.807, 2.05) is 0 Å². The fourth-order valence-electron chi connectivity index (χ4n) is 1.30. The fourth-order valence-corrected chi connectivity index (χ4v) is 2.12. The van der Waals surface area contributed by atoms with Gasteiger partial charge in [-0.25, -0.2) is 0 Å². The van der Waals surface area contributed by atoms with Crippen molar-refractivity contribution >= 4 is 20.2 Å². The monoisotopic (exact) mass is 273 g/mol. The van der Waals surface area contributed by atoms with E-state index in [1.165, 1.54) is 0 Å². The van der Waals surface area contributed by atoms with E-state index in [1.54, 1.807) is 0 Å². The molecule has 1 heterocycles. The molecule has 1 rings (SSSR count). The molecule has 16 heavy (non-hydrogen) atoms. The van der Waals surface area contributed by atoms with Crippen LogP contribution >= 0.6 is 0 Å². The molecule has 96 valence electrons. The van der Waals surface area contributed by atoms with Gasteiger partial charge >= 0.3 is 0 Å². The van der Waals surface area contributed by atoms with E-state index in [0.29, 0.717) is 6.42 Å². The Morgan fingerprint density at radius 1 is 1.00 bits per heavy atom. The van der Waals surface area contributed by atoms with Crippen LogP contribution in [0.15, 0.2) is 0 Å². The van der Waals surface area contributed by atoms with Crippen LogP contribution in [0.25, 0.3) is 0 Å².